The van der Waals surface area contributed by atoms with Crippen LogP contribution in [0, 0.1) is 13.8 Å². The Hall–Kier alpha value is -0.900. The van der Waals surface area contributed by atoms with E-state index in [9.17, 15) is 0 Å². The Morgan fingerprint density at radius 3 is 2.81 bits per heavy atom. The Morgan fingerprint density at radius 1 is 1.38 bits per heavy atom. The fourth-order valence-corrected chi connectivity index (χ4v) is 3.66. The van der Waals surface area contributed by atoms with Crippen LogP contribution in [0.5, 0.6) is 0 Å². The molecular formula is C18H31N3. The maximum absolute atomic E-state index is 6.11. The number of aryl methyl sites for hydroxylation is 1. The Morgan fingerprint density at radius 2 is 2.14 bits per heavy atom. The van der Waals surface area contributed by atoms with Crippen molar-refractivity contribution in [3.05, 3.63) is 34.9 Å². The van der Waals surface area contributed by atoms with Crippen LogP contribution < -0.4 is 5.73 Å². The highest BCUT2D eigenvalue weighted by molar-refractivity contribution is 5.35. The molecule has 0 bridgehead atoms. The quantitative estimate of drug-likeness (QED) is 0.874. The van der Waals surface area contributed by atoms with Gasteiger partial charge in [-0.3, -0.25) is 9.80 Å². The molecule has 3 nitrogen and oxygen atoms in total. The molecule has 1 aliphatic heterocycles. The molecule has 2 unspecified atom stereocenters. The predicted octanol–water partition coefficient (Wildman–Crippen LogP) is 2.72. The number of likely N-dealkylation sites (N-methyl/N-ethyl adjacent to an activating group) is 2. The lowest BCUT2D eigenvalue weighted by atomic mass is 9.96. The van der Waals surface area contributed by atoms with Gasteiger partial charge in [0.1, 0.15) is 0 Å². The molecule has 1 fully saturated rings. The standard InChI is InChI=1S/C18H31N3/c1-5-21-11-7-9-16(21)13-20(4)18(12-19)17-10-6-8-14(2)15(17)3/h6,8,10,16,18H,5,7,9,11-13,19H2,1-4H3. The fourth-order valence-electron chi connectivity index (χ4n) is 3.66. The van der Waals surface area contributed by atoms with Crippen LogP contribution in [-0.2, 0) is 0 Å². The summed E-state index contributed by atoms with van der Waals surface area (Å²) >= 11 is 0. The molecule has 2 atom stereocenters. The van der Waals surface area contributed by atoms with Crippen LogP contribution in [0.3, 0.4) is 0 Å². The molecule has 118 valence electrons. The van der Waals surface area contributed by atoms with Crippen molar-refractivity contribution in [2.24, 2.45) is 5.73 Å². The number of nitrogens with zero attached hydrogens (tertiary/aromatic N) is 2. The summed E-state index contributed by atoms with van der Waals surface area (Å²) in [5, 5.41) is 0. The first kappa shape index (κ1) is 16.5. The van der Waals surface area contributed by atoms with Gasteiger partial charge in [-0.05, 0) is 63.5 Å². The fraction of sp³-hybridized carbons (Fsp3) is 0.667. The van der Waals surface area contributed by atoms with Crippen LogP contribution in [0.4, 0.5) is 0 Å². The summed E-state index contributed by atoms with van der Waals surface area (Å²) in [6.07, 6.45) is 2.66. The number of rotatable bonds is 6. The van der Waals surface area contributed by atoms with E-state index in [1.807, 2.05) is 0 Å². The van der Waals surface area contributed by atoms with Crippen molar-refractivity contribution in [1.82, 2.24) is 9.80 Å². The third-order valence-corrected chi connectivity index (χ3v) is 5.16. The van der Waals surface area contributed by atoms with Gasteiger partial charge in [0.2, 0.25) is 0 Å². The molecule has 1 aliphatic rings. The maximum atomic E-state index is 6.11. The van der Waals surface area contributed by atoms with Gasteiger partial charge < -0.3 is 5.73 Å². The third kappa shape index (κ3) is 3.65. The van der Waals surface area contributed by atoms with Crippen molar-refractivity contribution in [3.63, 3.8) is 0 Å². The smallest absolute Gasteiger partial charge is 0.0470 e. The molecule has 1 saturated heterocycles. The molecule has 0 aromatic heterocycles. The molecule has 2 rings (SSSR count). The lowest BCUT2D eigenvalue weighted by Crippen LogP contribution is -2.42. The zero-order valence-corrected chi connectivity index (χ0v) is 14.1. The number of likely N-dealkylation sites (tertiary alicyclic amines) is 1. The highest BCUT2D eigenvalue weighted by Crippen LogP contribution is 2.26. The van der Waals surface area contributed by atoms with Crippen molar-refractivity contribution in [2.75, 3.05) is 33.2 Å². The van der Waals surface area contributed by atoms with E-state index < -0.39 is 0 Å². The second-order valence-corrected chi connectivity index (χ2v) is 6.40. The lowest BCUT2D eigenvalue weighted by molar-refractivity contribution is 0.165. The van der Waals surface area contributed by atoms with Crippen molar-refractivity contribution >= 4 is 0 Å². The Bertz CT molecular complexity index is 458. The molecule has 3 heteroatoms. The average Bonchev–Trinajstić information content (AvgIpc) is 2.91. The van der Waals surface area contributed by atoms with Crippen LogP contribution >= 0.6 is 0 Å². The highest BCUT2D eigenvalue weighted by atomic mass is 15.2. The van der Waals surface area contributed by atoms with Gasteiger partial charge in [-0.15, -0.1) is 0 Å². The van der Waals surface area contributed by atoms with Crippen LogP contribution in [0.15, 0.2) is 18.2 Å². The lowest BCUT2D eigenvalue weighted by Gasteiger charge is -2.33. The van der Waals surface area contributed by atoms with Crippen molar-refractivity contribution in [1.29, 1.82) is 0 Å². The van der Waals surface area contributed by atoms with Gasteiger partial charge in [-0.1, -0.05) is 25.1 Å². The largest absolute Gasteiger partial charge is 0.329 e. The summed E-state index contributed by atoms with van der Waals surface area (Å²) in [4.78, 5) is 5.06. The molecule has 0 aliphatic carbocycles. The molecular weight excluding hydrogens is 258 g/mol. The first-order chi connectivity index (χ1) is 10.1. The molecule has 1 aromatic rings. The van der Waals surface area contributed by atoms with E-state index in [-0.39, 0.29) is 0 Å². The number of hydrogen-bond acceptors (Lipinski definition) is 3. The van der Waals surface area contributed by atoms with Crippen molar-refractivity contribution < 1.29 is 0 Å². The summed E-state index contributed by atoms with van der Waals surface area (Å²) < 4.78 is 0. The monoisotopic (exact) mass is 289 g/mol. The molecule has 1 aromatic carbocycles. The Balaban J connectivity index is 2.11. The van der Waals surface area contributed by atoms with Crippen LogP contribution in [0.2, 0.25) is 0 Å². The van der Waals surface area contributed by atoms with Crippen molar-refractivity contribution in [3.8, 4) is 0 Å². The van der Waals surface area contributed by atoms with Gasteiger partial charge in [-0.25, -0.2) is 0 Å². The van der Waals surface area contributed by atoms with Crippen LogP contribution in [-0.4, -0.2) is 49.1 Å². The normalized spacial score (nSPS) is 21.1. The van der Waals surface area contributed by atoms with E-state index in [0.717, 1.165) is 13.1 Å². The van der Waals surface area contributed by atoms with E-state index in [4.69, 9.17) is 5.73 Å². The minimum Gasteiger partial charge on any atom is -0.329 e. The minimum atomic E-state index is 0.323. The molecule has 0 saturated carbocycles. The third-order valence-electron chi connectivity index (χ3n) is 5.16. The molecule has 1 heterocycles. The predicted molar refractivity (Wildman–Crippen MR) is 90.6 cm³/mol. The summed E-state index contributed by atoms with van der Waals surface area (Å²) in [5.74, 6) is 0. The van der Waals surface area contributed by atoms with Gasteiger partial charge in [0, 0.05) is 25.2 Å². The zero-order valence-electron chi connectivity index (χ0n) is 14.1. The Labute approximate surface area is 130 Å². The first-order valence-corrected chi connectivity index (χ1v) is 8.29. The minimum absolute atomic E-state index is 0.323. The van der Waals surface area contributed by atoms with Gasteiger partial charge in [-0.2, -0.15) is 0 Å². The summed E-state index contributed by atoms with van der Waals surface area (Å²) in [6, 6.07) is 7.59. The molecule has 2 N–H and O–H groups in total. The van der Waals surface area contributed by atoms with Crippen LogP contribution in [0.1, 0.15) is 42.5 Å². The average molecular weight is 289 g/mol. The summed E-state index contributed by atoms with van der Waals surface area (Å²) in [5.41, 5.74) is 10.2. The topological polar surface area (TPSA) is 32.5 Å². The first-order valence-electron chi connectivity index (χ1n) is 8.29. The van der Waals surface area contributed by atoms with E-state index in [1.165, 1.54) is 36.1 Å². The zero-order chi connectivity index (χ0) is 15.4. The van der Waals surface area contributed by atoms with Gasteiger partial charge in [0.05, 0.1) is 0 Å². The van der Waals surface area contributed by atoms with Gasteiger partial charge >= 0.3 is 0 Å². The van der Waals surface area contributed by atoms with E-state index in [2.05, 4.69) is 55.8 Å². The van der Waals surface area contributed by atoms with E-state index in [0.29, 0.717) is 18.6 Å². The van der Waals surface area contributed by atoms with Gasteiger partial charge in [0.25, 0.3) is 0 Å². The van der Waals surface area contributed by atoms with E-state index in [1.54, 1.807) is 0 Å². The molecule has 0 spiro atoms. The highest BCUT2D eigenvalue weighted by Gasteiger charge is 2.27. The van der Waals surface area contributed by atoms with E-state index >= 15 is 0 Å². The molecule has 21 heavy (non-hydrogen) atoms. The second-order valence-electron chi connectivity index (χ2n) is 6.40. The SMILES string of the molecule is CCN1CCCC1CN(C)C(CN)c1cccc(C)c1C. The number of nitrogens with two attached hydrogens (primary N) is 1. The molecule has 0 radical (unpaired) electrons. The summed E-state index contributed by atoms with van der Waals surface area (Å²) in [7, 11) is 2.23. The summed E-state index contributed by atoms with van der Waals surface area (Å²) in [6.45, 7) is 10.9. The molecule has 0 amide bonds. The van der Waals surface area contributed by atoms with Crippen molar-refractivity contribution in [2.45, 2.75) is 45.7 Å². The van der Waals surface area contributed by atoms with Gasteiger partial charge in [0.15, 0.2) is 0 Å². The second kappa shape index (κ2) is 7.39. The maximum Gasteiger partial charge on any atom is 0.0470 e. The Kier molecular flexibility index (Phi) is 5.80. The number of hydrogen-bond donors (Lipinski definition) is 1. The number of benzene rings is 1. The van der Waals surface area contributed by atoms with Crippen LogP contribution in [0.25, 0.3) is 0 Å².